The smallest absolute Gasteiger partial charge is 0.200 e. The molecule has 10 N–H and O–H groups in total. The van der Waals surface area contributed by atoms with E-state index in [-0.39, 0.29) is 61.3 Å². The van der Waals surface area contributed by atoms with Gasteiger partial charge in [-0.25, -0.2) is 0 Å². The van der Waals surface area contributed by atoms with E-state index in [2.05, 4.69) is 0 Å². The first-order valence-electron chi connectivity index (χ1n) is 14.6. The summed E-state index contributed by atoms with van der Waals surface area (Å²) in [5, 5.41) is 98.9. The molecule has 4 aromatic rings. The molecule has 0 saturated heterocycles. The van der Waals surface area contributed by atoms with Crippen LogP contribution in [0.3, 0.4) is 0 Å². The van der Waals surface area contributed by atoms with Crippen molar-refractivity contribution in [3.63, 3.8) is 0 Å². The fourth-order valence-electron chi connectivity index (χ4n) is 5.26. The Labute approximate surface area is 264 Å². The molecule has 0 unspecified atom stereocenters. The second-order valence-corrected chi connectivity index (χ2v) is 11.1. The van der Waals surface area contributed by atoms with E-state index in [1.807, 2.05) is 0 Å². The Morgan fingerprint density at radius 1 is 0.478 bits per heavy atom. The van der Waals surface area contributed by atoms with Crippen LogP contribution in [0.4, 0.5) is 0 Å². The molecule has 0 bridgehead atoms. The number of benzene rings is 4. The average Bonchev–Trinajstić information content (AvgIpc) is 3.03. The molecule has 12 heteroatoms. The van der Waals surface area contributed by atoms with Crippen LogP contribution < -0.4 is 9.47 Å². The van der Waals surface area contributed by atoms with E-state index in [1.54, 1.807) is 24.3 Å². The molecular formula is C34H38O12. The summed E-state index contributed by atoms with van der Waals surface area (Å²) >= 11 is 0. The van der Waals surface area contributed by atoms with Crippen molar-refractivity contribution in [2.75, 3.05) is 13.2 Å². The number of phenolic OH excluding ortho intramolecular Hbond substituents is 8. The molecule has 4 aromatic carbocycles. The lowest BCUT2D eigenvalue weighted by atomic mass is 9.80. The Kier molecular flexibility index (Phi) is 11.1. The molecular weight excluding hydrogens is 600 g/mol. The molecule has 0 spiro atoms. The monoisotopic (exact) mass is 638 g/mol. The van der Waals surface area contributed by atoms with Crippen LogP contribution in [0, 0.1) is 11.8 Å². The molecule has 0 radical (unpaired) electrons. The van der Waals surface area contributed by atoms with Crippen molar-refractivity contribution in [3.8, 4) is 57.5 Å². The van der Waals surface area contributed by atoms with Crippen LogP contribution >= 0.6 is 0 Å². The maximum absolute atomic E-state index is 10.4. The minimum absolute atomic E-state index is 0.0372. The molecule has 0 aliphatic heterocycles. The summed E-state index contributed by atoms with van der Waals surface area (Å²) in [4.78, 5) is 0. The van der Waals surface area contributed by atoms with Crippen LogP contribution in [0.15, 0.2) is 60.7 Å². The zero-order valence-electron chi connectivity index (χ0n) is 24.9. The third-order valence-corrected chi connectivity index (χ3v) is 7.73. The van der Waals surface area contributed by atoms with E-state index >= 15 is 0 Å². The second-order valence-electron chi connectivity index (χ2n) is 11.1. The Bertz CT molecular complexity index is 1590. The summed E-state index contributed by atoms with van der Waals surface area (Å²) in [6.07, 6.45) is 1.95. The molecule has 12 nitrogen and oxygen atoms in total. The SMILES string of the molecule is OCCC[C@H](Cc1ccc(O)c(OCc2cc(O)c(O)c(O)c2)c1)[C@H](CO)Cc1ccc(O)c(OCc2cc(O)c(O)c(O)c2)c1. The summed E-state index contributed by atoms with van der Waals surface area (Å²) in [5.41, 5.74) is 2.26. The van der Waals surface area contributed by atoms with E-state index in [0.29, 0.717) is 36.8 Å². The molecule has 0 aliphatic carbocycles. The van der Waals surface area contributed by atoms with Crippen LogP contribution in [0.25, 0.3) is 0 Å². The van der Waals surface area contributed by atoms with Gasteiger partial charge in [0.25, 0.3) is 0 Å². The molecule has 0 aliphatic rings. The van der Waals surface area contributed by atoms with Gasteiger partial charge >= 0.3 is 0 Å². The van der Waals surface area contributed by atoms with E-state index in [1.165, 1.54) is 36.4 Å². The summed E-state index contributed by atoms with van der Waals surface area (Å²) in [5.74, 6) is -3.68. The fourth-order valence-corrected chi connectivity index (χ4v) is 5.26. The number of hydrogen-bond donors (Lipinski definition) is 10. The van der Waals surface area contributed by atoms with Gasteiger partial charge in [-0.1, -0.05) is 12.1 Å². The first-order valence-corrected chi connectivity index (χ1v) is 14.6. The molecule has 0 amide bonds. The zero-order chi connectivity index (χ0) is 33.4. The molecule has 0 saturated carbocycles. The zero-order valence-corrected chi connectivity index (χ0v) is 24.9. The normalized spacial score (nSPS) is 12.5. The van der Waals surface area contributed by atoms with Crippen LogP contribution in [0.5, 0.6) is 57.5 Å². The van der Waals surface area contributed by atoms with Gasteiger partial charge in [0.2, 0.25) is 0 Å². The maximum Gasteiger partial charge on any atom is 0.200 e. The number of aromatic hydroxyl groups is 8. The molecule has 246 valence electrons. The van der Waals surface area contributed by atoms with Gasteiger partial charge in [-0.15, -0.1) is 0 Å². The third kappa shape index (κ3) is 8.49. The highest BCUT2D eigenvalue weighted by Gasteiger charge is 2.23. The molecule has 46 heavy (non-hydrogen) atoms. The summed E-state index contributed by atoms with van der Waals surface area (Å²) in [6, 6.07) is 14.6. The predicted octanol–water partition coefficient (Wildman–Crippen LogP) is 4.27. The van der Waals surface area contributed by atoms with Crippen LogP contribution in [-0.2, 0) is 26.1 Å². The number of aliphatic hydroxyl groups is 2. The highest BCUT2D eigenvalue weighted by atomic mass is 16.5. The highest BCUT2D eigenvalue weighted by Crippen LogP contribution is 2.38. The molecule has 4 rings (SSSR count). The molecule has 0 fully saturated rings. The Balaban J connectivity index is 1.47. The van der Waals surface area contributed by atoms with E-state index in [4.69, 9.17) is 9.47 Å². The van der Waals surface area contributed by atoms with E-state index in [9.17, 15) is 51.1 Å². The molecule has 0 heterocycles. The minimum atomic E-state index is -0.646. The van der Waals surface area contributed by atoms with Crippen molar-refractivity contribution in [1.82, 2.24) is 0 Å². The van der Waals surface area contributed by atoms with Crippen molar-refractivity contribution in [2.45, 2.75) is 38.9 Å². The van der Waals surface area contributed by atoms with E-state index < -0.39 is 34.5 Å². The van der Waals surface area contributed by atoms with Gasteiger partial charge in [0, 0.05) is 13.2 Å². The quantitative estimate of drug-likeness (QED) is 0.0825. The van der Waals surface area contributed by atoms with Gasteiger partial charge in [-0.3, -0.25) is 0 Å². The topological polar surface area (TPSA) is 221 Å². The lowest BCUT2D eigenvalue weighted by molar-refractivity contribution is 0.158. The molecule has 2 atom stereocenters. The van der Waals surface area contributed by atoms with Crippen molar-refractivity contribution < 1.29 is 60.5 Å². The Morgan fingerprint density at radius 2 is 0.891 bits per heavy atom. The van der Waals surface area contributed by atoms with Crippen molar-refractivity contribution >= 4 is 0 Å². The van der Waals surface area contributed by atoms with Gasteiger partial charge in [0.15, 0.2) is 57.5 Å². The predicted molar refractivity (Wildman–Crippen MR) is 166 cm³/mol. The fraction of sp³-hybridized carbons (Fsp3) is 0.294. The lowest BCUT2D eigenvalue weighted by Crippen LogP contribution is -2.23. The average molecular weight is 639 g/mol. The number of ether oxygens (including phenoxy) is 2. The summed E-state index contributed by atoms with van der Waals surface area (Å²) < 4.78 is 11.5. The first kappa shape index (κ1) is 33.7. The Morgan fingerprint density at radius 3 is 1.28 bits per heavy atom. The Hall–Kier alpha value is -5.20. The maximum atomic E-state index is 10.4. The number of aliphatic hydroxyl groups excluding tert-OH is 2. The van der Waals surface area contributed by atoms with Crippen molar-refractivity contribution in [3.05, 3.63) is 82.9 Å². The highest BCUT2D eigenvalue weighted by molar-refractivity contribution is 5.52. The van der Waals surface area contributed by atoms with Crippen LogP contribution in [0.1, 0.15) is 35.1 Å². The lowest BCUT2D eigenvalue weighted by Gasteiger charge is -2.26. The number of phenols is 8. The van der Waals surface area contributed by atoms with Gasteiger partial charge in [0.05, 0.1) is 0 Å². The van der Waals surface area contributed by atoms with Gasteiger partial charge in [-0.2, -0.15) is 0 Å². The van der Waals surface area contributed by atoms with Gasteiger partial charge < -0.3 is 60.5 Å². The van der Waals surface area contributed by atoms with E-state index in [0.717, 1.165) is 11.1 Å². The van der Waals surface area contributed by atoms with Gasteiger partial charge in [0.1, 0.15) is 13.2 Å². The largest absolute Gasteiger partial charge is 0.504 e. The van der Waals surface area contributed by atoms with Crippen LogP contribution in [0.2, 0.25) is 0 Å². The molecule has 0 aromatic heterocycles. The first-order chi connectivity index (χ1) is 22.0. The van der Waals surface area contributed by atoms with Crippen molar-refractivity contribution in [2.24, 2.45) is 11.8 Å². The van der Waals surface area contributed by atoms with Crippen LogP contribution in [-0.4, -0.2) is 64.3 Å². The van der Waals surface area contributed by atoms with Crippen molar-refractivity contribution in [1.29, 1.82) is 0 Å². The second kappa shape index (κ2) is 15.2. The van der Waals surface area contributed by atoms with Gasteiger partial charge in [-0.05, 0) is 108 Å². The standard InChI is InChI=1S/C34H38O12/c35-7-1-2-23(8-19-3-5-25(37)31(14-19)45-17-21-10-27(39)33(43)28(40)11-21)24(16-36)9-20-4-6-26(38)32(15-20)46-18-22-12-29(41)34(44)30(42)13-22/h3-6,10-15,23-24,35-44H,1-2,7-9,16-18H2/t23-,24+/m1/s1. The third-order valence-electron chi connectivity index (χ3n) is 7.73. The summed E-state index contributed by atoms with van der Waals surface area (Å²) in [7, 11) is 0. The number of hydrogen-bond acceptors (Lipinski definition) is 12. The summed E-state index contributed by atoms with van der Waals surface area (Å²) in [6.45, 7) is -0.452. The number of rotatable bonds is 15. The minimum Gasteiger partial charge on any atom is -0.504 e.